The molecule has 0 bridgehead atoms. The molecule has 0 saturated carbocycles. The number of thioether (sulfide) groups is 1. The average molecular weight is 327 g/mol. The van der Waals surface area contributed by atoms with Crippen LogP contribution in [0.1, 0.15) is 40.4 Å². The third-order valence-electron chi connectivity index (χ3n) is 2.75. The van der Waals surface area contributed by atoms with Crippen LogP contribution in [-0.2, 0) is 15.3 Å². The van der Waals surface area contributed by atoms with Gasteiger partial charge in [0, 0.05) is 0 Å². The molecule has 1 heterocycles. The molecule has 1 aromatic heterocycles. The molecule has 0 radical (unpaired) electrons. The largest absolute Gasteiger partial charge is 0.468 e. The molecule has 1 aromatic rings. The first-order valence-corrected chi connectivity index (χ1v) is 8.47. The van der Waals surface area contributed by atoms with Crippen LogP contribution in [0.4, 0.5) is 4.79 Å². The zero-order chi connectivity index (χ0) is 16.8. The summed E-state index contributed by atoms with van der Waals surface area (Å²) in [6, 6.07) is 3.15. The highest BCUT2D eigenvalue weighted by Gasteiger charge is 2.26. The lowest BCUT2D eigenvalue weighted by atomic mass is 10.0. The maximum atomic E-state index is 12.3. The van der Waals surface area contributed by atoms with Crippen LogP contribution in [0.2, 0.25) is 0 Å². The number of ketones is 1. The van der Waals surface area contributed by atoms with Crippen LogP contribution in [0.5, 0.6) is 0 Å². The van der Waals surface area contributed by atoms with Gasteiger partial charge in [0.1, 0.15) is 11.4 Å². The Kier molecular flexibility index (Phi) is 7.00. The number of hydrogen-bond acceptors (Lipinski definition) is 5. The van der Waals surface area contributed by atoms with E-state index in [-0.39, 0.29) is 11.7 Å². The van der Waals surface area contributed by atoms with Gasteiger partial charge >= 0.3 is 6.09 Å². The first-order chi connectivity index (χ1) is 10.2. The number of rotatable bonds is 7. The molecule has 0 spiro atoms. The number of Topliss-reactive ketones (excluding diaryl/α,β-unsaturated/α-hetero) is 1. The molecule has 1 N–H and O–H groups in total. The number of nitrogens with one attached hydrogen (secondary N) is 1. The van der Waals surface area contributed by atoms with Gasteiger partial charge in [-0.15, -0.1) is 11.8 Å². The molecule has 5 nitrogen and oxygen atoms in total. The topological polar surface area (TPSA) is 68.5 Å². The second-order valence-electron chi connectivity index (χ2n) is 6.41. The fourth-order valence-electron chi connectivity index (χ4n) is 1.79. The SMILES string of the molecule is CC(C)C(NC(=O)OC(C)(C)C)C(=O)CSCc1ccco1. The first kappa shape index (κ1) is 18.6. The molecule has 1 atom stereocenters. The van der Waals surface area contributed by atoms with Gasteiger partial charge in [-0.2, -0.15) is 0 Å². The van der Waals surface area contributed by atoms with Gasteiger partial charge in [-0.3, -0.25) is 4.79 Å². The lowest BCUT2D eigenvalue weighted by molar-refractivity contribution is -0.119. The fourth-order valence-corrected chi connectivity index (χ4v) is 2.64. The lowest BCUT2D eigenvalue weighted by Gasteiger charge is -2.24. The Bertz CT molecular complexity index is 477. The van der Waals surface area contributed by atoms with Gasteiger partial charge in [-0.25, -0.2) is 4.79 Å². The molecule has 1 amide bonds. The van der Waals surface area contributed by atoms with Gasteiger partial charge in [0.25, 0.3) is 0 Å². The lowest BCUT2D eigenvalue weighted by Crippen LogP contribution is -2.47. The highest BCUT2D eigenvalue weighted by Crippen LogP contribution is 2.15. The Morgan fingerprint density at radius 1 is 1.36 bits per heavy atom. The molecule has 124 valence electrons. The van der Waals surface area contributed by atoms with E-state index in [0.717, 1.165) is 5.76 Å². The van der Waals surface area contributed by atoms with Crippen LogP contribution >= 0.6 is 11.8 Å². The summed E-state index contributed by atoms with van der Waals surface area (Å²) in [5.41, 5.74) is -0.581. The van der Waals surface area contributed by atoms with Crippen molar-refractivity contribution in [2.45, 2.75) is 52.0 Å². The van der Waals surface area contributed by atoms with E-state index in [9.17, 15) is 9.59 Å². The van der Waals surface area contributed by atoms with Crippen LogP contribution in [-0.4, -0.2) is 29.3 Å². The zero-order valence-electron chi connectivity index (χ0n) is 13.8. The van der Waals surface area contributed by atoms with E-state index in [1.54, 1.807) is 27.0 Å². The minimum absolute atomic E-state index is 0.00392. The van der Waals surface area contributed by atoms with E-state index in [1.165, 1.54) is 11.8 Å². The van der Waals surface area contributed by atoms with Crippen molar-refractivity contribution in [2.24, 2.45) is 5.92 Å². The van der Waals surface area contributed by atoms with Crippen molar-refractivity contribution < 1.29 is 18.7 Å². The van der Waals surface area contributed by atoms with Gasteiger partial charge < -0.3 is 14.5 Å². The van der Waals surface area contributed by atoms with Gasteiger partial charge in [-0.1, -0.05) is 13.8 Å². The molecule has 0 aliphatic rings. The Balaban J connectivity index is 2.47. The van der Waals surface area contributed by atoms with E-state index in [1.807, 2.05) is 26.0 Å². The molecule has 0 saturated heterocycles. The second-order valence-corrected chi connectivity index (χ2v) is 7.39. The van der Waals surface area contributed by atoms with Crippen molar-refractivity contribution in [1.82, 2.24) is 5.32 Å². The van der Waals surface area contributed by atoms with Crippen LogP contribution in [0.15, 0.2) is 22.8 Å². The second kappa shape index (κ2) is 8.27. The third-order valence-corrected chi connectivity index (χ3v) is 3.73. The van der Waals surface area contributed by atoms with E-state index in [2.05, 4.69) is 5.32 Å². The highest BCUT2D eigenvalue weighted by atomic mass is 32.2. The molecule has 22 heavy (non-hydrogen) atoms. The first-order valence-electron chi connectivity index (χ1n) is 7.31. The smallest absolute Gasteiger partial charge is 0.408 e. The summed E-state index contributed by atoms with van der Waals surface area (Å²) < 4.78 is 10.4. The van der Waals surface area contributed by atoms with Crippen LogP contribution in [0, 0.1) is 5.92 Å². The minimum Gasteiger partial charge on any atom is -0.468 e. The molecule has 6 heteroatoms. The molecule has 0 aliphatic carbocycles. The predicted molar refractivity (Wildman–Crippen MR) is 87.9 cm³/mol. The maximum Gasteiger partial charge on any atom is 0.408 e. The average Bonchev–Trinajstić information content (AvgIpc) is 2.86. The number of alkyl carbamates (subject to hydrolysis) is 1. The fraction of sp³-hybridized carbons (Fsp3) is 0.625. The zero-order valence-corrected chi connectivity index (χ0v) is 14.7. The van der Waals surface area contributed by atoms with Crippen molar-refractivity contribution in [3.8, 4) is 0 Å². The Hall–Kier alpha value is -1.43. The third kappa shape index (κ3) is 7.02. The Morgan fingerprint density at radius 2 is 2.05 bits per heavy atom. The van der Waals surface area contributed by atoms with Crippen molar-refractivity contribution in [1.29, 1.82) is 0 Å². The summed E-state index contributed by atoms with van der Waals surface area (Å²) in [5.74, 6) is 1.77. The molecule has 0 aromatic carbocycles. The van der Waals surface area contributed by atoms with Gasteiger partial charge in [-0.05, 0) is 38.8 Å². The summed E-state index contributed by atoms with van der Waals surface area (Å²) in [6.07, 6.45) is 1.05. The van der Waals surface area contributed by atoms with Crippen molar-refractivity contribution >= 4 is 23.6 Å². The summed E-state index contributed by atoms with van der Waals surface area (Å²) in [7, 11) is 0. The maximum absolute atomic E-state index is 12.3. The highest BCUT2D eigenvalue weighted by molar-refractivity contribution is 7.99. The molecule has 0 aliphatic heterocycles. The molecular formula is C16H25NO4S. The monoisotopic (exact) mass is 327 g/mol. The molecule has 0 fully saturated rings. The quantitative estimate of drug-likeness (QED) is 0.828. The van der Waals surface area contributed by atoms with Gasteiger partial charge in [0.2, 0.25) is 0 Å². The number of carbonyl (C=O) groups excluding carboxylic acids is 2. The van der Waals surface area contributed by atoms with Crippen LogP contribution in [0.25, 0.3) is 0 Å². The van der Waals surface area contributed by atoms with E-state index in [4.69, 9.17) is 9.15 Å². The molecule has 1 unspecified atom stereocenters. The van der Waals surface area contributed by atoms with Crippen LogP contribution < -0.4 is 5.32 Å². The summed E-state index contributed by atoms with van der Waals surface area (Å²) >= 11 is 1.47. The molecular weight excluding hydrogens is 302 g/mol. The number of amides is 1. The van der Waals surface area contributed by atoms with E-state index in [0.29, 0.717) is 11.5 Å². The normalized spacial score (nSPS) is 13.0. The minimum atomic E-state index is -0.581. The number of hydrogen-bond donors (Lipinski definition) is 1. The molecule has 1 rings (SSSR count). The van der Waals surface area contributed by atoms with E-state index < -0.39 is 17.7 Å². The Labute approximate surface area is 136 Å². The summed E-state index contributed by atoms with van der Waals surface area (Å²) in [6.45, 7) is 9.17. The summed E-state index contributed by atoms with van der Waals surface area (Å²) in [5, 5.41) is 2.67. The van der Waals surface area contributed by atoms with E-state index >= 15 is 0 Å². The van der Waals surface area contributed by atoms with Crippen molar-refractivity contribution in [3.63, 3.8) is 0 Å². The predicted octanol–water partition coefficient (Wildman–Crippen LogP) is 3.63. The van der Waals surface area contributed by atoms with Crippen LogP contribution in [0.3, 0.4) is 0 Å². The van der Waals surface area contributed by atoms with Gasteiger partial charge in [0.15, 0.2) is 5.78 Å². The summed E-state index contributed by atoms with van der Waals surface area (Å²) in [4.78, 5) is 24.1. The van der Waals surface area contributed by atoms with Crippen molar-refractivity contribution in [2.75, 3.05) is 5.75 Å². The number of furan rings is 1. The number of ether oxygens (including phenoxy) is 1. The number of carbonyl (C=O) groups is 2. The standard InChI is InChI=1S/C16H25NO4S/c1-11(2)14(17-15(19)21-16(3,4)5)13(18)10-22-9-12-7-6-8-20-12/h6-8,11,14H,9-10H2,1-5H3,(H,17,19). The Morgan fingerprint density at radius 3 is 2.55 bits per heavy atom. The van der Waals surface area contributed by atoms with Gasteiger partial charge in [0.05, 0.1) is 23.8 Å². The van der Waals surface area contributed by atoms with Crippen molar-refractivity contribution in [3.05, 3.63) is 24.2 Å².